The summed E-state index contributed by atoms with van der Waals surface area (Å²) in [4.78, 5) is 19.3. The summed E-state index contributed by atoms with van der Waals surface area (Å²) in [6, 6.07) is 11.8. The molecule has 0 bridgehead atoms. The van der Waals surface area contributed by atoms with Crippen LogP contribution in [0.5, 0.6) is 5.75 Å². The van der Waals surface area contributed by atoms with Crippen molar-refractivity contribution in [2.75, 3.05) is 46.4 Å². The molecule has 2 aromatic rings. The molecule has 8 nitrogen and oxygen atoms in total. The van der Waals surface area contributed by atoms with Crippen LogP contribution in [0.15, 0.2) is 52.1 Å². The Bertz CT molecular complexity index is 821. The van der Waals surface area contributed by atoms with Crippen molar-refractivity contribution in [2.24, 2.45) is 4.99 Å². The summed E-state index contributed by atoms with van der Waals surface area (Å²) in [7, 11) is 1.68. The molecule has 1 aliphatic heterocycles. The van der Waals surface area contributed by atoms with Crippen LogP contribution in [0.2, 0.25) is 0 Å². The Labute approximate surface area is 207 Å². The Morgan fingerprint density at radius 3 is 2.47 bits per heavy atom. The molecule has 0 aliphatic carbocycles. The zero-order valence-corrected chi connectivity index (χ0v) is 21.1. The molecule has 1 amide bonds. The van der Waals surface area contributed by atoms with E-state index in [4.69, 9.17) is 14.1 Å². The minimum Gasteiger partial charge on any atom is -0.497 e. The van der Waals surface area contributed by atoms with Crippen LogP contribution in [0.4, 0.5) is 0 Å². The van der Waals surface area contributed by atoms with Crippen molar-refractivity contribution in [2.45, 2.75) is 25.8 Å². The highest BCUT2D eigenvalue weighted by atomic mass is 127. The molecule has 1 aromatic heterocycles. The average molecular weight is 555 g/mol. The van der Waals surface area contributed by atoms with Crippen LogP contribution in [0.3, 0.4) is 0 Å². The number of methoxy groups -OCH3 is 1. The molecule has 1 unspecified atom stereocenters. The van der Waals surface area contributed by atoms with E-state index in [1.807, 2.05) is 19.1 Å². The van der Waals surface area contributed by atoms with Gasteiger partial charge in [0, 0.05) is 19.6 Å². The van der Waals surface area contributed by atoms with Gasteiger partial charge in [0.15, 0.2) is 11.7 Å². The number of carbonyl (C=O) groups is 1. The molecule has 1 aromatic carbocycles. The monoisotopic (exact) mass is 555 g/mol. The van der Waals surface area contributed by atoms with Crippen LogP contribution < -0.4 is 20.7 Å². The fraction of sp³-hybridized carbons (Fsp3) is 0.478. The largest absolute Gasteiger partial charge is 0.497 e. The lowest BCUT2D eigenvalue weighted by atomic mass is 10.1. The number of aliphatic imine (C=N–C) groups is 1. The van der Waals surface area contributed by atoms with Gasteiger partial charge in [-0.25, -0.2) is 0 Å². The number of amides is 1. The van der Waals surface area contributed by atoms with Crippen LogP contribution in [-0.4, -0.2) is 63.1 Å². The maximum Gasteiger partial charge on any atom is 0.287 e. The number of nitrogens with one attached hydrogen (secondary N) is 3. The average Bonchev–Trinajstić information content (AvgIpc) is 3.51. The van der Waals surface area contributed by atoms with Gasteiger partial charge in [-0.15, -0.1) is 24.0 Å². The van der Waals surface area contributed by atoms with Gasteiger partial charge in [-0.3, -0.25) is 14.7 Å². The molecule has 2 heterocycles. The van der Waals surface area contributed by atoms with Crippen molar-refractivity contribution in [3.05, 3.63) is 54.0 Å². The Balaban J connectivity index is 0.00000363. The van der Waals surface area contributed by atoms with Crippen LogP contribution in [0.25, 0.3) is 0 Å². The molecule has 9 heteroatoms. The number of halogens is 1. The van der Waals surface area contributed by atoms with Gasteiger partial charge in [-0.2, -0.15) is 0 Å². The predicted octanol–water partition coefficient (Wildman–Crippen LogP) is 3.03. The van der Waals surface area contributed by atoms with E-state index < -0.39 is 0 Å². The summed E-state index contributed by atoms with van der Waals surface area (Å²) in [5, 5.41) is 9.41. The van der Waals surface area contributed by atoms with Crippen molar-refractivity contribution in [3.63, 3.8) is 0 Å². The van der Waals surface area contributed by atoms with Gasteiger partial charge in [0.2, 0.25) is 0 Å². The first-order chi connectivity index (χ1) is 15.2. The van der Waals surface area contributed by atoms with Gasteiger partial charge in [-0.1, -0.05) is 12.1 Å². The Morgan fingerprint density at radius 1 is 1.12 bits per heavy atom. The highest BCUT2D eigenvalue weighted by molar-refractivity contribution is 14.0. The minimum atomic E-state index is -0.220. The number of guanidine groups is 1. The molecule has 1 fully saturated rings. The van der Waals surface area contributed by atoms with Gasteiger partial charge in [0.25, 0.3) is 5.91 Å². The second kappa shape index (κ2) is 14.0. The number of benzene rings is 1. The first-order valence-corrected chi connectivity index (χ1v) is 10.9. The number of rotatable bonds is 10. The zero-order chi connectivity index (χ0) is 21.9. The van der Waals surface area contributed by atoms with Crippen LogP contribution in [-0.2, 0) is 0 Å². The van der Waals surface area contributed by atoms with E-state index in [1.165, 1.54) is 24.7 Å². The van der Waals surface area contributed by atoms with Crippen LogP contribution >= 0.6 is 24.0 Å². The topological polar surface area (TPSA) is 91.1 Å². The molecule has 3 N–H and O–H groups in total. The molecular weight excluding hydrogens is 521 g/mol. The quantitative estimate of drug-likeness (QED) is 0.181. The Morgan fingerprint density at radius 2 is 1.84 bits per heavy atom. The smallest absolute Gasteiger partial charge is 0.287 e. The van der Waals surface area contributed by atoms with E-state index in [9.17, 15) is 4.79 Å². The normalized spacial score (nSPS) is 15.0. The van der Waals surface area contributed by atoms with Crippen molar-refractivity contribution in [3.8, 4) is 5.75 Å². The number of carbonyl (C=O) groups excluding carboxylic acids is 1. The number of likely N-dealkylation sites (tertiary alicyclic amines) is 1. The number of ether oxygens (including phenoxy) is 1. The Hall–Kier alpha value is -2.27. The maximum absolute atomic E-state index is 11.9. The lowest BCUT2D eigenvalue weighted by Gasteiger charge is -2.27. The van der Waals surface area contributed by atoms with Gasteiger partial charge in [0.05, 0.1) is 26.0 Å². The predicted molar refractivity (Wildman–Crippen MR) is 137 cm³/mol. The molecule has 0 spiro atoms. The third-order valence-electron chi connectivity index (χ3n) is 5.30. The summed E-state index contributed by atoms with van der Waals surface area (Å²) in [6.07, 6.45) is 3.94. The molecular formula is C23H34IN5O3. The van der Waals surface area contributed by atoms with Crippen LogP contribution in [0.1, 0.15) is 41.9 Å². The number of hydrogen-bond acceptors (Lipinski definition) is 5. The SMILES string of the molecule is CCNC(=NCC(c1ccc(OC)cc1)N1CCCC1)NCCNC(=O)c1ccco1.I. The van der Waals surface area contributed by atoms with Gasteiger partial charge in [0.1, 0.15) is 5.75 Å². The summed E-state index contributed by atoms with van der Waals surface area (Å²) in [5.41, 5.74) is 1.24. The second-order valence-electron chi connectivity index (χ2n) is 7.41. The fourth-order valence-corrected chi connectivity index (χ4v) is 3.68. The van der Waals surface area contributed by atoms with Crippen molar-refractivity contribution in [1.82, 2.24) is 20.9 Å². The summed E-state index contributed by atoms with van der Waals surface area (Å²) in [5.74, 6) is 1.70. The summed E-state index contributed by atoms with van der Waals surface area (Å²) >= 11 is 0. The molecule has 0 saturated carbocycles. The van der Waals surface area contributed by atoms with Gasteiger partial charge < -0.3 is 25.1 Å². The summed E-state index contributed by atoms with van der Waals surface area (Å²) < 4.78 is 10.4. The highest BCUT2D eigenvalue weighted by Gasteiger charge is 2.23. The Kier molecular flexibility index (Phi) is 11.4. The third kappa shape index (κ3) is 7.70. The molecule has 1 atom stereocenters. The van der Waals surface area contributed by atoms with E-state index in [0.717, 1.165) is 31.3 Å². The number of furan rings is 1. The van der Waals surface area contributed by atoms with E-state index >= 15 is 0 Å². The molecule has 3 rings (SSSR count). The lowest BCUT2D eigenvalue weighted by molar-refractivity contribution is 0.0926. The fourth-order valence-electron chi connectivity index (χ4n) is 3.68. The standard InChI is InChI=1S/C23H33N5O3.HI/c1-3-24-23(26-13-12-25-22(29)21-7-6-16-31-21)27-17-20(28-14-4-5-15-28)18-8-10-19(30-2)11-9-18;/h6-11,16,20H,3-5,12-15,17H2,1-2H3,(H,25,29)(H2,24,26,27);1H. The minimum absolute atomic E-state index is 0. The lowest BCUT2D eigenvalue weighted by Crippen LogP contribution is -2.42. The third-order valence-corrected chi connectivity index (χ3v) is 5.30. The molecule has 1 aliphatic rings. The van der Waals surface area contributed by atoms with Crippen molar-refractivity contribution in [1.29, 1.82) is 0 Å². The second-order valence-corrected chi connectivity index (χ2v) is 7.41. The summed E-state index contributed by atoms with van der Waals surface area (Å²) in [6.45, 7) is 6.68. The molecule has 0 radical (unpaired) electrons. The van der Waals surface area contributed by atoms with Gasteiger partial charge in [-0.05, 0) is 62.7 Å². The maximum atomic E-state index is 11.9. The van der Waals surface area contributed by atoms with E-state index in [-0.39, 0.29) is 35.9 Å². The van der Waals surface area contributed by atoms with E-state index in [0.29, 0.717) is 25.4 Å². The van der Waals surface area contributed by atoms with Gasteiger partial charge >= 0.3 is 0 Å². The number of nitrogens with zero attached hydrogens (tertiary/aromatic N) is 2. The number of hydrogen-bond donors (Lipinski definition) is 3. The van der Waals surface area contributed by atoms with Crippen LogP contribution in [0, 0.1) is 0 Å². The molecule has 1 saturated heterocycles. The van der Waals surface area contributed by atoms with Crippen molar-refractivity contribution < 1.29 is 13.9 Å². The zero-order valence-electron chi connectivity index (χ0n) is 18.8. The first kappa shape index (κ1) is 26.0. The molecule has 32 heavy (non-hydrogen) atoms. The molecule has 176 valence electrons. The first-order valence-electron chi connectivity index (χ1n) is 10.9. The highest BCUT2D eigenvalue weighted by Crippen LogP contribution is 2.27. The van der Waals surface area contributed by atoms with Crippen molar-refractivity contribution >= 4 is 35.8 Å². The van der Waals surface area contributed by atoms with E-state index in [2.05, 4.69) is 33.0 Å². The van der Waals surface area contributed by atoms with E-state index in [1.54, 1.807) is 19.2 Å².